The number of carbonyl (C=O) groups is 2. The summed E-state index contributed by atoms with van der Waals surface area (Å²) in [5.74, 6) is 1.25. The summed E-state index contributed by atoms with van der Waals surface area (Å²) in [5, 5.41) is 3.92. The van der Waals surface area contributed by atoms with Crippen LogP contribution in [0.25, 0.3) is 0 Å². The minimum Gasteiger partial charge on any atom is -0.494 e. The maximum Gasteiger partial charge on any atom is 0.343 e. The second kappa shape index (κ2) is 12.6. The average Bonchev–Trinajstić information content (AvgIpc) is 2.89. The Hall–Kier alpha value is -4.53. The van der Waals surface area contributed by atoms with Crippen LogP contribution in [0.15, 0.2) is 71.8 Å². The van der Waals surface area contributed by atoms with Crippen molar-refractivity contribution in [2.45, 2.75) is 6.92 Å². The van der Waals surface area contributed by atoms with Crippen molar-refractivity contribution >= 4 is 18.1 Å². The lowest BCUT2D eigenvalue weighted by Crippen LogP contribution is -2.24. The van der Waals surface area contributed by atoms with Crippen LogP contribution in [-0.4, -0.2) is 45.5 Å². The van der Waals surface area contributed by atoms with Gasteiger partial charge in [0.05, 0.1) is 32.6 Å². The van der Waals surface area contributed by atoms with E-state index in [-0.39, 0.29) is 12.4 Å². The molecule has 0 radical (unpaired) electrons. The molecule has 0 bridgehead atoms. The summed E-state index contributed by atoms with van der Waals surface area (Å²) in [6, 6.07) is 18.5. The lowest BCUT2D eigenvalue weighted by Gasteiger charge is -2.10. The average molecular weight is 479 g/mol. The molecule has 0 aliphatic carbocycles. The van der Waals surface area contributed by atoms with Gasteiger partial charge < -0.3 is 23.7 Å². The van der Waals surface area contributed by atoms with E-state index in [1.54, 1.807) is 66.7 Å². The fourth-order valence-electron chi connectivity index (χ4n) is 2.95. The molecular weight excluding hydrogens is 452 g/mol. The molecule has 0 atom stereocenters. The van der Waals surface area contributed by atoms with Crippen molar-refractivity contribution in [2.24, 2.45) is 5.10 Å². The molecule has 0 heterocycles. The molecule has 3 aromatic rings. The molecule has 9 nitrogen and oxygen atoms in total. The molecule has 0 aromatic heterocycles. The quantitative estimate of drug-likeness (QED) is 0.193. The highest BCUT2D eigenvalue weighted by Gasteiger charge is 2.13. The predicted octanol–water partition coefficient (Wildman–Crippen LogP) is 3.85. The summed E-state index contributed by atoms with van der Waals surface area (Å²) in [6.07, 6.45) is 1.43. The van der Waals surface area contributed by atoms with Gasteiger partial charge in [-0.15, -0.1) is 0 Å². The van der Waals surface area contributed by atoms with Crippen LogP contribution in [0.3, 0.4) is 0 Å². The zero-order chi connectivity index (χ0) is 25.0. The summed E-state index contributed by atoms with van der Waals surface area (Å²) < 4.78 is 26.8. The molecule has 0 aliphatic rings. The number of hydrogen-bond donors (Lipinski definition) is 1. The van der Waals surface area contributed by atoms with E-state index in [0.29, 0.717) is 40.7 Å². The number of hydrogen-bond acceptors (Lipinski definition) is 8. The molecule has 0 saturated heterocycles. The van der Waals surface area contributed by atoms with Crippen molar-refractivity contribution in [2.75, 3.05) is 27.4 Å². The monoisotopic (exact) mass is 478 g/mol. The summed E-state index contributed by atoms with van der Waals surface area (Å²) in [5.41, 5.74) is 3.38. The number of rotatable bonds is 11. The van der Waals surface area contributed by atoms with Crippen LogP contribution in [0, 0.1) is 0 Å². The molecule has 0 fully saturated rings. The van der Waals surface area contributed by atoms with Gasteiger partial charge in [0.15, 0.2) is 29.6 Å². The van der Waals surface area contributed by atoms with E-state index in [2.05, 4.69) is 10.5 Å². The van der Waals surface area contributed by atoms with Crippen molar-refractivity contribution < 1.29 is 33.3 Å². The summed E-state index contributed by atoms with van der Waals surface area (Å²) >= 11 is 0. The number of carbonyl (C=O) groups excluding carboxylic acids is 2. The van der Waals surface area contributed by atoms with Gasteiger partial charge in [-0.1, -0.05) is 12.1 Å². The van der Waals surface area contributed by atoms with Crippen molar-refractivity contribution in [1.82, 2.24) is 5.43 Å². The molecule has 35 heavy (non-hydrogen) atoms. The molecule has 0 spiro atoms. The van der Waals surface area contributed by atoms with Crippen LogP contribution in [0.1, 0.15) is 22.8 Å². The number of hydrazone groups is 1. The third-order valence-corrected chi connectivity index (χ3v) is 4.62. The Balaban J connectivity index is 1.56. The number of nitrogens with zero attached hydrogens (tertiary/aromatic N) is 1. The first-order valence-corrected chi connectivity index (χ1v) is 10.7. The molecule has 1 amide bonds. The molecule has 3 rings (SSSR count). The van der Waals surface area contributed by atoms with Crippen molar-refractivity contribution in [3.8, 4) is 28.7 Å². The molecule has 1 N–H and O–H groups in total. The van der Waals surface area contributed by atoms with Gasteiger partial charge >= 0.3 is 5.97 Å². The summed E-state index contributed by atoms with van der Waals surface area (Å²) in [6.45, 7) is 2.19. The van der Waals surface area contributed by atoms with Crippen LogP contribution >= 0.6 is 0 Å². The van der Waals surface area contributed by atoms with Gasteiger partial charge in [0.2, 0.25) is 0 Å². The summed E-state index contributed by atoms with van der Waals surface area (Å²) in [4.78, 5) is 24.5. The molecule has 0 unspecified atom stereocenters. The van der Waals surface area contributed by atoms with Crippen molar-refractivity contribution in [1.29, 1.82) is 0 Å². The number of benzene rings is 3. The Kier molecular flexibility index (Phi) is 9.07. The molecule has 0 saturated carbocycles. The fourth-order valence-corrected chi connectivity index (χ4v) is 2.95. The van der Waals surface area contributed by atoms with E-state index in [4.69, 9.17) is 23.7 Å². The fraction of sp³-hybridized carbons (Fsp3) is 0.192. The van der Waals surface area contributed by atoms with E-state index in [0.717, 1.165) is 0 Å². The molecule has 0 aliphatic heterocycles. The Morgan fingerprint density at radius 2 is 1.57 bits per heavy atom. The number of methoxy groups -OCH3 is 2. The van der Waals surface area contributed by atoms with E-state index >= 15 is 0 Å². The van der Waals surface area contributed by atoms with E-state index in [9.17, 15) is 9.59 Å². The van der Waals surface area contributed by atoms with Gasteiger partial charge in [-0.05, 0) is 67.1 Å². The number of esters is 1. The third-order valence-electron chi connectivity index (χ3n) is 4.62. The minimum absolute atomic E-state index is 0.235. The highest BCUT2D eigenvalue weighted by atomic mass is 16.6. The molecule has 3 aromatic carbocycles. The first kappa shape index (κ1) is 25.1. The van der Waals surface area contributed by atoms with Gasteiger partial charge in [0.25, 0.3) is 5.91 Å². The molecular formula is C26H26N2O7. The smallest absolute Gasteiger partial charge is 0.343 e. The topological polar surface area (TPSA) is 105 Å². The molecule has 9 heteroatoms. The Morgan fingerprint density at radius 3 is 2.26 bits per heavy atom. The van der Waals surface area contributed by atoms with E-state index in [1.165, 1.54) is 20.4 Å². The van der Waals surface area contributed by atoms with Crippen LogP contribution in [0.5, 0.6) is 28.7 Å². The normalized spacial score (nSPS) is 10.5. The maximum atomic E-state index is 12.5. The van der Waals surface area contributed by atoms with Gasteiger partial charge in [0.1, 0.15) is 5.75 Å². The maximum absolute atomic E-state index is 12.5. The standard InChI is InChI=1S/C26H26N2O7/c1-4-33-20-12-10-19(11-13-20)26(30)35-23-14-9-18(15-24(23)32-3)16-27-28-25(29)17-34-22-8-6-5-7-21(22)31-2/h5-16H,4,17H2,1-3H3,(H,28,29)/b27-16+. The predicted molar refractivity (Wildman–Crippen MR) is 130 cm³/mol. The van der Waals surface area contributed by atoms with Crippen LogP contribution < -0.4 is 29.1 Å². The SMILES string of the molecule is CCOc1ccc(C(=O)Oc2ccc(/C=N/NC(=O)COc3ccccc3OC)cc2OC)cc1. The highest BCUT2D eigenvalue weighted by molar-refractivity contribution is 5.92. The lowest BCUT2D eigenvalue weighted by atomic mass is 10.2. The number of ether oxygens (including phenoxy) is 5. The van der Waals surface area contributed by atoms with Crippen molar-refractivity contribution in [3.63, 3.8) is 0 Å². The summed E-state index contributed by atoms with van der Waals surface area (Å²) in [7, 11) is 2.98. The minimum atomic E-state index is -0.532. The van der Waals surface area contributed by atoms with Crippen molar-refractivity contribution in [3.05, 3.63) is 77.9 Å². The largest absolute Gasteiger partial charge is 0.494 e. The van der Waals surface area contributed by atoms with Crippen LogP contribution in [0.2, 0.25) is 0 Å². The number of para-hydroxylation sites is 2. The zero-order valence-electron chi connectivity index (χ0n) is 19.6. The van der Waals surface area contributed by atoms with E-state index in [1.807, 2.05) is 6.92 Å². The van der Waals surface area contributed by atoms with Crippen LogP contribution in [-0.2, 0) is 4.79 Å². The number of amides is 1. The van der Waals surface area contributed by atoms with Gasteiger partial charge in [-0.2, -0.15) is 5.10 Å². The lowest BCUT2D eigenvalue weighted by molar-refractivity contribution is -0.123. The first-order chi connectivity index (χ1) is 17.0. The van der Waals surface area contributed by atoms with E-state index < -0.39 is 11.9 Å². The second-order valence-electron chi connectivity index (χ2n) is 6.99. The Bertz CT molecular complexity index is 1180. The van der Waals surface area contributed by atoms with Gasteiger partial charge in [0, 0.05) is 0 Å². The van der Waals surface area contributed by atoms with Gasteiger partial charge in [-0.25, -0.2) is 10.2 Å². The van der Waals surface area contributed by atoms with Gasteiger partial charge in [-0.3, -0.25) is 4.79 Å². The van der Waals surface area contributed by atoms with Crippen LogP contribution in [0.4, 0.5) is 0 Å². The zero-order valence-corrected chi connectivity index (χ0v) is 19.6. The highest BCUT2D eigenvalue weighted by Crippen LogP contribution is 2.29. The first-order valence-electron chi connectivity index (χ1n) is 10.7. The number of nitrogens with one attached hydrogen (secondary N) is 1. The Labute approximate surface area is 203 Å². The Morgan fingerprint density at radius 1 is 0.857 bits per heavy atom. The third kappa shape index (κ3) is 7.23. The molecule has 182 valence electrons. The second-order valence-corrected chi connectivity index (χ2v) is 6.99.